The maximum absolute atomic E-state index is 12.8. The van der Waals surface area contributed by atoms with Gasteiger partial charge in [-0.05, 0) is 17.2 Å². The van der Waals surface area contributed by atoms with Gasteiger partial charge in [0.1, 0.15) is 19.0 Å². The third kappa shape index (κ3) is 8.02. The molecule has 3 atom stereocenters. The topological polar surface area (TPSA) is 89.5 Å². The van der Waals surface area contributed by atoms with Crippen molar-refractivity contribution in [2.45, 2.75) is 37.2 Å². The van der Waals surface area contributed by atoms with Crippen LogP contribution in [0.25, 0.3) is 0 Å². The van der Waals surface area contributed by atoms with Crippen LogP contribution in [0.15, 0.2) is 72.5 Å². The van der Waals surface area contributed by atoms with Crippen LogP contribution in [0.2, 0.25) is 0 Å². The Morgan fingerprint density at radius 3 is 2.09 bits per heavy atom. The van der Waals surface area contributed by atoms with Crippen molar-refractivity contribution in [3.63, 3.8) is 0 Å². The molecule has 0 unspecified atom stereocenters. The van der Waals surface area contributed by atoms with E-state index >= 15 is 0 Å². The molecule has 2 aromatic rings. The maximum atomic E-state index is 12.8. The van der Waals surface area contributed by atoms with Gasteiger partial charge in [-0.2, -0.15) is 21.6 Å². The zero-order valence-electron chi connectivity index (χ0n) is 18.7. The molecule has 1 aliphatic rings. The van der Waals surface area contributed by atoms with Crippen LogP contribution in [0.4, 0.5) is 13.2 Å². The Kier molecular flexibility index (Phi) is 9.66. The monoisotopic (exact) mass is 518 g/mol. The molecule has 192 valence electrons. The summed E-state index contributed by atoms with van der Waals surface area (Å²) in [5.41, 5.74) is -3.89. The summed E-state index contributed by atoms with van der Waals surface area (Å²) < 4.78 is 93.2. The zero-order chi connectivity index (χ0) is 25.3. The zero-order valence-corrected chi connectivity index (χ0v) is 19.5. The fraction of sp³-hybridized carbons (Fsp3) is 0.391. The average molecular weight is 519 g/mol. The van der Waals surface area contributed by atoms with Gasteiger partial charge in [-0.25, -0.2) is 0 Å². The van der Waals surface area contributed by atoms with Gasteiger partial charge in [-0.3, -0.25) is 0 Å². The molecule has 0 fully saturated rings. The van der Waals surface area contributed by atoms with Crippen molar-refractivity contribution >= 4 is 10.1 Å². The molecule has 0 aliphatic carbocycles. The first-order chi connectivity index (χ1) is 16.7. The largest absolute Gasteiger partial charge is 0.534 e. The molecule has 8 nitrogen and oxygen atoms in total. The summed E-state index contributed by atoms with van der Waals surface area (Å²) in [5, 5.41) is 0. The third-order valence-electron chi connectivity index (χ3n) is 4.77. The standard InChI is InChI=1S/C23H25F3O8S/c1-29-22-20(34-35(27,28)23(24,25)26)12-19(32-14-18-10-6-3-7-11-18)21(33-22)15-31-16-30-13-17-8-4-2-5-9-17/h2-12,19,21-22H,13-16H2,1H3/t19-,21+,22-/m0/s1. The van der Waals surface area contributed by atoms with Crippen LogP contribution >= 0.6 is 0 Å². The molecule has 0 spiro atoms. The van der Waals surface area contributed by atoms with Gasteiger partial charge >= 0.3 is 15.6 Å². The lowest BCUT2D eigenvalue weighted by atomic mass is 10.1. The molecular formula is C23H25F3O8S. The van der Waals surface area contributed by atoms with Gasteiger partial charge in [0.2, 0.25) is 6.29 Å². The second-order valence-electron chi connectivity index (χ2n) is 7.38. The van der Waals surface area contributed by atoms with E-state index in [0.29, 0.717) is 6.61 Å². The first-order valence-electron chi connectivity index (χ1n) is 10.5. The summed E-state index contributed by atoms with van der Waals surface area (Å²) in [4.78, 5) is 0. The van der Waals surface area contributed by atoms with Gasteiger partial charge in [0.25, 0.3) is 0 Å². The Bertz CT molecular complexity index is 1050. The molecule has 0 radical (unpaired) electrons. The fourth-order valence-electron chi connectivity index (χ4n) is 3.08. The minimum Gasteiger partial charge on any atom is -0.375 e. The van der Waals surface area contributed by atoms with Crippen LogP contribution < -0.4 is 0 Å². The molecule has 1 aliphatic heterocycles. The van der Waals surface area contributed by atoms with E-state index in [4.69, 9.17) is 23.7 Å². The fourth-order valence-corrected chi connectivity index (χ4v) is 3.56. The summed E-state index contributed by atoms with van der Waals surface area (Å²) in [6.45, 7) is 0.217. The van der Waals surface area contributed by atoms with Crippen molar-refractivity contribution in [1.82, 2.24) is 0 Å². The Morgan fingerprint density at radius 2 is 1.51 bits per heavy atom. The highest BCUT2D eigenvalue weighted by Crippen LogP contribution is 2.31. The van der Waals surface area contributed by atoms with Crippen LogP contribution in [0.3, 0.4) is 0 Å². The minimum atomic E-state index is -5.93. The molecule has 35 heavy (non-hydrogen) atoms. The highest BCUT2D eigenvalue weighted by Gasteiger charge is 2.50. The van der Waals surface area contributed by atoms with E-state index in [-0.39, 0.29) is 20.0 Å². The van der Waals surface area contributed by atoms with E-state index in [1.165, 1.54) is 0 Å². The van der Waals surface area contributed by atoms with Crippen LogP contribution in [-0.4, -0.2) is 52.9 Å². The van der Waals surface area contributed by atoms with E-state index in [0.717, 1.165) is 24.3 Å². The van der Waals surface area contributed by atoms with Crippen molar-refractivity contribution < 1.29 is 49.5 Å². The second-order valence-corrected chi connectivity index (χ2v) is 8.92. The molecular weight excluding hydrogens is 493 g/mol. The van der Waals surface area contributed by atoms with Gasteiger partial charge in [0.05, 0.1) is 19.8 Å². The summed E-state index contributed by atoms with van der Waals surface area (Å²) in [7, 11) is -4.80. The summed E-state index contributed by atoms with van der Waals surface area (Å²) in [6, 6.07) is 18.4. The first kappa shape index (κ1) is 27.1. The number of hydrogen-bond acceptors (Lipinski definition) is 8. The quantitative estimate of drug-likeness (QED) is 0.181. The summed E-state index contributed by atoms with van der Waals surface area (Å²) in [6.07, 6.45) is -2.30. The van der Waals surface area contributed by atoms with Crippen LogP contribution in [-0.2, 0) is 51.2 Å². The Balaban J connectivity index is 1.67. The molecule has 12 heteroatoms. The molecule has 0 saturated heterocycles. The summed E-state index contributed by atoms with van der Waals surface area (Å²) in [5.74, 6) is -0.695. The molecule has 0 N–H and O–H groups in total. The van der Waals surface area contributed by atoms with Gasteiger partial charge in [-0.15, -0.1) is 0 Å². The maximum Gasteiger partial charge on any atom is 0.534 e. The molecule has 0 saturated carbocycles. The lowest BCUT2D eigenvalue weighted by Gasteiger charge is -2.34. The number of rotatable bonds is 12. The average Bonchev–Trinajstić information content (AvgIpc) is 2.83. The van der Waals surface area contributed by atoms with Gasteiger partial charge in [-0.1, -0.05) is 60.7 Å². The molecule has 0 amide bonds. The Hall–Kier alpha value is -2.48. The van der Waals surface area contributed by atoms with Crippen LogP contribution in [0, 0.1) is 0 Å². The minimum absolute atomic E-state index is 0.0727. The Morgan fingerprint density at radius 1 is 0.914 bits per heavy atom. The van der Waals surface area contributed by atoms with E-state index in [1.54, 1.807) is 24.3 Å². The highest BCUT2D eigenvalue weighted by molar-refractivity contribution is 7.87. The van der Waals surface area contributed by atoms with E-state index < -0.39 is 39.9 Å². The lowest BCUT2D eigenvalue weighted by Crippen LogP contribution is -2.44. The van der Waals surface area contributed by atoms with Gasteiger partial charge < -0.3 is 27.9 Å². The van der Waals surface area contributed by atoms with Crippen molar-refractivity contribution in [3.8, 4) is 0 Å². The molecule has 1 heterocycles. The van der Waals surface area contributed by atoms with Gasteiger partial charge in [0.15, 0.2) is 5.76 Å². The smallest absolute Gasteiger partial charge is 0.375 e. The highest BCUT2D eigenvalue weighted by atomic mass is 32.2. The van der Waals surface area contributed by atoms with E-state index in [9.17, 15) is 21.6 Å². The van der Waals surface area contributed by atoms with Crippen LogP contribution in [0.1, 0.15) is 11.1 Å². The number of halogens is 3. The SMILES string of the molecule is CO[C@H]1O[C@H](COCOCc2ccccc2)[C@@H](OCc2ccccc2)C=C1OS(=O)(=O)C(F)(F)F. The van der Waals surface area contributed by atoms with Crippen molar-refractivity contribution in [1.29, 1.82) is 0 Å². The number of benzene rings is 2. The van der Waals surface area contributed by atoms with Crippen molar-refractivity contribution in [3.05, 3.63) is 83.6 Å². The molecule has 0 aromatic heterocycles. The second kappa shape index (κ2) is 12.5. The molecule has 3 rings (SSSR count). The number of alkyl halides is 3. The normalized spacial score (nSPS) is 20.9. The van der Waals surface area contributed by atoms with E-state index in [2.05, 4.69) is 4.18 Å². The number of methoxy groups -OCH3 is 1. The predicted octanol–water partition coefficient (Wildman–Crippen LogP) is 3.88. The van der Waals surface area contributed by atoms with Crippen molar-refractivity contribution in [2.75, 3.05) is 20.5 Å². The molecule has 2 aromatic carbocycles. The van der Waals surface area contributed by atoms with E-state index in [1.807, 2.05) is 36.4 Å². The number of ether oxygens (including phenoxy) is 5. The number of hydrogen-bond donors (Lipinski definition) is 0. The Labute approximate surface area is 201 Å². The lowest BCUT2D eigenvalue weighted by molar-refractivity contribution is -0.209. The van der Waals surface area contributed by atoms with Crippen LogP contribution in [0.5, 0.6) is 0 Å². The third-order valence-corrected chi connectivity index (χ3v) is 5.75. The molecule has 0 bridgehead atoms. The first-order valence-corrected chi connectivity index (χ1v) is 11.9. The summed E-state index contributed by atoms with van der Waals surface area (Å²) >= 11 is 0. The van der Waals surface area contributed by atoms with Gasteiger partial charge in [0, 0.05) is 7.11 Å². The predicted molar refractivity (Wildman–Crippen MR) is 117 cm³/mol. The van der Waals surface area contributed by atoms with Crippen molar-refractivity contribution in [2.24, 2.45) is 0 Å².